The number of carbonyl (C=O) groups is 4. The molecule has 0 spiro atoms. The topological polar surface area (TPSA) is 145 Å². The molecule has 3 amide bonds. The van der Waals surface area contributed by atoms with Crippen molar-refractivity contribution in [2.75, 3.05) is 25.6 Å². The molecule has 2 fully saturated rings. The van der Waals surface area contributed by atoms with Crippen LogP contribution in [-0.4, -0.2) is 53.8 Å². The van der Waals surface area contributed by atoms with Gasteiger partial charge < -0.3 is 14.8 Å². The SMILES string of the molecule is COc1cc(NC(=O)COC(=O)CN2C(=O)C3CCCCC3C2=O)c(C)cc1[N+](=O)[O-]. The van der Waals surface area contributed by atoms with Crippen molar-refractivity contribution < 1.29 is 33.6 Å². The normalized spacial score (nSPS) is 20.3. The van der Waals surface area contributed by atoms with Gasteiger partial charge in [-0.3, -0.25) is 34.2 Å². The molecular formula is C20H23N3O8. The van der Waals surface area contributed by atoms with E-state index < -0.39 is 30.0 Å². The van der Waals surface area contributed by atoms with Crippen molar-refractivity contribution in [2.45, 2.75) is 32.6 Å². The van der Waals surface area contributed by atoms with Gasteiger partial charge in [-0.1, -0.05) is 12.8 Å². The number of hydrogen-bond acceptors (Lipinski definition) is 8. The molecule has 1 saturated heterocycles. The van der Waals surface area contributed by atoms with Crippen molar-refractivity contribution in [3.63, 3.8) is 0 Å². The van der Waals surface area contributed by atoms with E-state index in [1.54, 1.807) is 6.92 Å². The molecule has 2 aliphatic rings. The summed E-state index contributed by atoms with van der Waals surface area (Å²) in [5.74, 6) is -3.02. The minimum atomic E-state index is -0.867. The van der Waals surface area contributed by atoms with Crippen molar-refractivity contribution in [1.29, 1.82) is 0 Å². The largest absolute Gasteiger partial charge is 0.490 e. The van der Waals surface area contributed by atoms with E-state index in [0.717, 1.165) is 17.7 Å². The van der Waals surface area contributed by atoms with Crippen LogP contribution in [0.3, 0.4) is 0 Å². The molecule has 3 rings (SSSR count). The maximum absolute atomic E-state index is 12.4. The predicted molar refractivity (Wildman–Crippen MR) is 106 cm³/mol. The van der Waals surface area contributed by atoms with Gasteiger partial charge in [-0.05, 0) is 25.3 Å². The number of aryl methyl sites for hydroxylation is 1. The number of anilines is 1. The van der Waals surface area contributed by atoms with Gasteiger partial charge in [0.25, 0.3) is 5.91 Å². The summed E-state index contributed by atoms with van der Waals surface area (Å²) >= 11 is 0. The van der Waals surface area contributed by atoms with E-state index in [-0.39, 0.29) is 40.8 Å². The van der Waals surface area contributed by atoms with Crippen LogP contribution in [0.15, 0.2) is 12.1 Å². The van der Waals surface area contributed by atoms with Gasteiger partial charge >= 0.3 is 11.7 Å². The number of benzene rings is 1. The van der Waals surface area contributed by atoms with E-state index in [9.17, 15) is 29.3 Å². The molecule has 31 heavy (non-hydrogen) atoms. The van der Waals surface area contributed by atoms with Gasteiger partial charge in [0.2, 0.25) is 11.8 Å². The standard InChI is InChI=1S/C20H23N3O8/c1-11-7-15(23(28)29)16(30-2)8-14(11)21-17(24)10-31-18(25)9-22-19(26)12-5-3-4-6-13(12)20(22)27/h7-8,12-13H,3-6,9-10H2,1-2H3,(H,21,24). The van der Waals surface area contributed by atoms with Gasteiger partial charge in [-0.15, -0.1) is 0 Å². The van der Waals surface area contributed by atoms with E-state index >= 15 is 0 Å². The third-order valence-electron chi connectivity index (χ3n) is 5.58. The summed E-state index contributed by atoms with van der Waals surface area (Å²) < 4.78 is 9.88. The van der Waals surface area contributed by atoms with Gasteiger partial charge in [0.15, 0.2) is 12.4 Å². The molecule has 1 aromatic carbocycles. The van der Waals surface area contributed by atoms with Crippen molar-refractivity contribution >= 4 is 35.1 Å². The zero-order chi connectivity index (χ0) is 22.7. The second kappa shape index (κ2) is 9.11. The number of nitrogens with zero attached hydrogens (tertiary/aromatic N) is 2. The maximum atomic E-state index is 12.4. The number of rotatable bonds is 7. The second-order valence-corrected chi connectivity index (χ2v) is 7.57. The molecule has 1 saturated carbocycles. The molecule has 166 valence electrons. The fourth-order valence-electron chi connectivity index (χ4n) is 4.01. The number of nitro groups is 1. The van der Waals surface area contributed by atoms with E-state index in [2.05, 4.69) is 5.32 Å². The molecule has 1 aromatic rings. The first-order valence-corrected chi connectivity index (χ1v) is 9.86. The smallest absolute Gasteiger partial charge is 0.326 e. The number of imide groups is 1. The molecule has 0 bridgehead atoms. The number of amides is 3. The Balaban J connectivity index is 1.55. The van der Waals surface area contributed by atoms with Crippen molar-refractivity contribution in [1.82, 2.24) is 4.90 Å². The molecule has 1 aliphatic heterocycles. The lowest BCUT2D eigenvalue weighted by molar-refractivity contribution is -0.385. The lowest BCUT2D eigenvalue weighted by Gasteiger charge is -2.19. The molecule has 1 aliphatic carbocycles. The molecule has 11 heteroatoms. The minimum Gasteiger partial charge on any atom is -0.490 e. The number of methoxy groups -OCH3 is 1. The fraction of sp³-hybridized carbons (Fsp3) is 0.500. The lowest BCUT2D eigenvalue weighted by atomic mass is 9.81. The maximum Gasteiger partial charge on any atom is 0.326 e. The molecule has 2 atom stereocenters. The van der Waals surface area contributed by atoms with Gasteiger partial charge in [0.05, 0.1) is 23.9 Å². The Morgan fingerprint density at radius 3 is 2.35 bits per heavy atom. The quantitative estimate of drug-likeness (QED) is 0.295. The van der Waals surface area contributed by atoms with E-state index in [0.29, 0.717) is 18.4 Å². The Morgan fingerprint density at radius 1 is 1.19 bits per heavy atom. The number of hydrogen-bond donors (Lipinski definition) is 1. The summed E-state index contributed by atoms with van der Waals surface area (Å²) in [6.07, 6.45) is 3.04. The third kappa shape index (κ3) is 4.65. The first-order valence-electron chi connectivity index (χ1n) is 9.86. The van der Waals surface area contributed by atoms with Gasteiger partial charge in [0.1, 0.15) is 6.54 Å². The minimum absolute atomic E-state index is 0.0320. The molecular weight excluding hydrogens is 410 g/mol. The highest BCUT2D eigenvalue weighted by molar-refractivity contribution is 6.07. The number of nitro benzene ring substituents is 1. The van der Waals surface area contributed by atoms with Gasteiger partial charge in [0, 0.05) is 17.8 Å². The molecule has 1 heterocycles. The number of likely N-dealkylation sites (tertiary alicyclic amines) is 1. The van der Waals surface area contributed by atoms with Crippen molar-refractivity contribution in [2.24, 2.45) is 11.8 Å². The number of fused-ring (bicyclic) bond motifs is 1. The van der Waals surface area contributed by atoms with Crippen LogP contribution in [0.2, 0.25) is 0 Å². The van der Waals surface area contributed by atoms with Crippen LogP contribution in [0.4, 0.5) is 11.4 Å². The second-order valence-electron chi connectivity index (χ2n) is 7.57. The van der Waals surface area contributed by atoms with Crippen LogP contribution < -0.4 is 10.1 Å². The monoisotopic (exact) mass is 433 g/mol. The highest BCUT2D eigenvalue weighted by Gasteiger charge is 2.48. The zero-order valence-corrected chi connectivity index (χ0v) is 17.2. The first kappa shape index (κ1) is 22.2. The van der Waals surface area contributed by atoms with E-state index in [4.69, 9.17) is 9.47 Å². The van der Waals surface area contributed by atoms with Crippen LogP contribution in [0.5, 0.6) is 5.75 Å². The molecule has 2 unspecified atom stereocenters. The average Bonchev–Trinajstić information content (AvgIpc) is 2.98. The predicted octanol–water partition coefficient (Wildman–Crippen LogP) is 1.57. The molecule has 0 radical (unpaired) electrons. The molecule has 11 nitrogen and oxygen atoms in total. The van der Waals surface area contributed by atoms with Gasteiger partial charge in [-0.25, -0.2) is 0 Å². The van der Waals surface area contributed by atoms with Crippen LogP contribution in [0.25, 0.3) is 0 Å². The Morgan fingerprint density at radius 2 is 1.81 bits per heavy atom. The third-order valence-corrected chi connectivity index (χ3v) is 5.58. The Hall–Kier alpha value is -3.50. The van der Waals surface area contributed by atoms with Crippen LogP contribution in [0.1, 0.15) is 31.2 Å². The van der Waals surface area contributed by atoms with Crippen LogP contribution >= 0.6 is 0 Å². The summed E-state index contributed by atoms with van der Waals surface area (Å²) in [6, 6.07) is 2.56. The molecule has 1 N–H and O–H groups in total. The number of carbonyl (C=O) groups excluding carboxylic acids is 4. The first-order chi connectivity index (χ1) is 14.7. The average molecular weight is 433 g/mol. The van der Waals surface area contributed by atoms with E-state index in [1.807, 2.05) is 0 Å². The Labute approximate surface area is 177 Å². The number of nitrogens with one attached hydrogen (secondary N) is 1. The fourth-order valence-corrected chi connectivity index (χ4v) is 4.01. The zero-order valence-electron chi connectivity index (χ0n) is 17.2. The van der Waals surface area contributed by atoms with Gasteiger partial charge in [-0.2, -0.15) is 0 Å². The number of ether oxygens (including phenoxy) is 2. The highest BCUT2D eigenvalue weighted by Crippen LogP contribution is 2.38. The summed E-state index contributed by atoms with van der Waals surface area (Å²) in [7, 11) is 1.27. The Kier molecular flexibility index (Phi) is 6.52. The van der Waals surface area contributed by atoms with Crippen molar-refractivity contribution in [3.05, 3.63) is 27.8 Å². The van der Waals surface area contributed by atoms with Crippen molar-refractivity contribution in [3.8, 4) is 5.75 Å². The summed E-state index contributed by atoms with van der Waals surface area (Å²) in [4.78, 5) is 60.4. The van der Waals surface area contributed by atoms with E-state index in [1.165, 1.54) is 19.2 Å². The van der Waals surface area contributed by atoms with Crippen LogP contribution in [-0.2, 0) is 23.9 Å². The summed E-state index contributed by atoms with van der Waals surface area (Å²) in [5, 5.41) is 13.5. The Bertz CT molecular complexity index is 921. The number of esters is 1. The van der Waals surface area contributed by atoms with Crippen LogP contribution in [0, 0.1) is 28.9 Å². The lowest BCUT2D eigenvalue weighted by Crippen LogP contribution is -2.37. The summed E-state index contributed by atoms with van der Waals surface area (Å²) in [5.41, 5.74) is 0.436. The highest BCUT2D eigenvalue weighted by atomic mass is 16.6. The molecule has 0 aromatic heterocycles. The summed E-state index contributed by atoms with van der Waals surface area (Å²) in [6.45, 7) is 0.404.